The van der Waals surface area contributed by atoms with Gasteiger partial charge in [-0.25, -0.2) is 0 Å². The van der Waals surface area contributed by atoms with E-state index < -0.39 is 0 Å². The zero-order valence-electron chi connectivity index (χ0n) is 23.0. The van der Waals surface area contributed by atoms with Gasteiger partial charge in [0.2, 0.25) is 0 Å². The first kappa shape index (κ1) is 29.7. The van der Waals surface area contributed by atoms with E-state index in [1.165, 1.54) is 148 Å². The maximum Gasteiger partial charge on any atom is -0.0102 e. The summed E-state index contributed by atoms with van der Waals surface area (Å²) in [6.45, 7) is 0. The number of fused-ring (bicyclic) bond motifs is 2. The molecule has 0 aromatic rings. The number of hydrogen-bond acceptors (Lipinski definition) is 0. The van der Waals surface area contributed by atoms with Crippen LogP contribution < -0.4 is 0 Å². The summed E-state index contributed by atoms with van der Waals surface area (Å²) in [4.78, 5) is 0. The van der Waals surface area contributed by atoms with E-state index in [9.17, 15) is 0 Å². The molecule has 35 heavy (non-hydrogen) atoms. The van der Waals surface area contributed by atoms with Crippen LogP contribution in [0.15, 0.2) is 71.9 Å². The minimum Gasteiger partial charge on any atom is -0.0885 e. The number of hydrogen-bond donors (Lipinski definition) is 0. The first-order valence-electron chi connectivity index (χ1n) is 15.4. The minimum atomic E-state index is 1.31. The highest BCUT2D eigenvalue weighted by atomic mass is 14.2. The summed E-state index contributed by atoms with van der Waals surface area (Å²) < 4.78 is 0. The molecular formula is C35H56. The lowest BCUT2D eigenvalue weighted by atomic mass is 10.2. The van der Waals surface area contributed by atoms with E-state index in [-0.39, 0.29) is 0 Å². The fraction of sp³-hybridized carbons (Fsp3) is 0.657. The Hall–Kier alpha value is -1.56. The van der Waals surface area contributed by atoms with Crippen molar-refractivity contribution < 1.29 is 0 Å². The Morgan fingerprint density at radius 3 is 0.657 bits per heavy atom. The Bertz CT molecular complexity index is 536. The van der Waals surface area contributed by atoms with Gasteiger partial charge in [0.1, 0.15) is 0 Å². The van der Waals surface area contributed by atoms with Crippen LogP contribution in [0.5, 0.6) is 0 Å². The zero-order valence-corrected chi connectivity index (χ0v) is 23.0. The average Bonchev–Trinajstić information content (AvgIpc) is 3.28. The molecule has 0 heterocycles. The predicted octanol–water partition coefficient (Wildman–Crippen LogP) is 12.1. The molecule has 0 unspecified atom stereocenters. The van der Waals surface area contributed by atoms with Gasteiger partial charge in [-0.1, -0.05) is 97.6 Å². The maximum atomic E-state index is 2.30. The van der Waals surface area contributed by atoms with E-state index in [0.29, 0.717) is 0 Å². The van der Waals surface area contributed by atoms with Crippen LogP contribution in [0.3, 0.4) is 0 Å². The smallest absolute Gasteiger partial charge is 0.0102 e. The highest BCUT2D eigenvalue weighted by molar-refractivity contribution is 5.36. The van der Waals surface area contributed by atoms with E-state index in [0.717, 1.165) is 0 Å². The van der Waals surface area contributed by atoms with Crippen LogP contribution in [0.25, 0.3) is 0 Å². The van der Waals surface area contributed by atoms with Crippen LogP contribution >= 0.6 is 0 Å². The molecule has 6 rings (SSSR count). The fourth-order valence-electron chi connectivity index (χ4n) is 5.06. The van der Waals surface area contributed by atoms with Gasteiger partial charge in [0.15, 0.2) is 0 Å². The molecule has 0 aromatic carbocycles. The topological polar surface area (TPSA) is 0 Å². The Morgan fingerprint density at radius 1 is 0.286 bits per heavy atom. The van der Waals surface area contributed by atoms with Gasteiger partial charge in [0.05, 0.1) is 0 Å². The van der Waals surface area contributed by atoms with Crippen molar-refractivity contribution in [2.45, 2.75) is 148 Å². The SMILES string of the molecule is C1=C2CCC(=C1)C2.C1=CCCCCC1.C1=CCCCCC1.C1=CCCCCC1.C1=CCCCCC1. The van der Waals surface area contributed by atoms with Crippen molar-refractivity contribution in [1.82, 2.24) is 0 Å². The summed E-state index contributed by atoms with van der Waals surface area (Å²) >= 11 is 0. The van der Waals surface area contributed by atoms with Crippen molar-refractivity contribution in [2.75, 3.05) is 0 Å². The maximum absolute atomic E-state index is 2.30. The minimum absolute atomic E-state index is 1.31. The van der Waals surface area contributed by atoms with Crippen molar-refractivity contribution in [3.05, 3.63) is 71.9 Å². The molecule has 0 aliphatic heterocycles. The van der Waals surface area contributed by atoms with E-state index in [4.69, 9.17) is 0 Å². The van der Waals surface area contributed by atoms with Gasteiger partial charge in [-0.3, -0.25) is 0 Å². The van der Waals surface area contributed by atoms with Crippen molar-refractivity contribution in [1.29, 1.82) is 0 Å². The lowest BCUT2D eigenvalue weighted by Gasteiger charge is -1.87. The van der Waals surface area contributed by atoms with Gasteiger partial charge in [-0.15, -0.1) is 0 Å². The molecule has 0 amide bonds. The zero-order chi connectivity index (χ0) is 24.5. The van der Waals surface area contributed by atoms with Crippen LogP contribution in [0.1, 0.15) is 148 Å². The summed E-state index contributed by atoms with van der Waals surface area (Å²) in [6.07, 6.45) is 54.5. The van der Waals surface area contributed by atoms with Crippen LogP contribution in [-0.4, -0.2) is 0 Å². The lowest BCUT2D eigenvalue weighted by Crippen LogP contribution is -1.67. The second-order valence-corrected chi connectivity index (χ2v) is 10.8. The molecule has 0 aromatic heterocycles. The largest absolute Gasteiger partial charge is 0.0885 e. The molecule has 0 spiro atoms. The monoisotopic (exact) mass is 476 g/mol. The molecule has 0 atom stereocenters. The Morgan fingerprint density at radius 2 is 0.514 bits per heavy atom. The van der Waals surface area contributed by atoms with Crippen LogP contribution in [0.2, 0.25) is 0 Å². The van der Waals surface area contributed by atoms with Crippen molar-refractivity contribution in [3.8, 4) is 0 Å². The van der Waals surface area contributed by atoms with Crippen LogP contribution in [-0.2, 0) is 0 Å². The van der Waals surface area contributed by atoms with Gasteiger partial charge in [0.25, 0.3) is 0 Å². The van der Waals surface area contributed by atoms with E-state index in [1.807, 2.05) is 0 Å². The van der Waals surface area contributed by atoms with E-state index in [1.54, 1.807) is 11.1 Å². The third-order valence-electron chi connectivity index (χ3n) is 7.41. The molecule has 0 saturated heterocycles. The van der Waals surface area contributed by atoms with Gasteiger partial charge < -0.3 is 0 Å². The molecule has 0 N–H and O–H groups in total. The van der Waals surface area contributed by atoms with Crippen LogP contribution in [0, 0.1) is 0 Å². The Labute approximate surface area is 219 Å². The van der Waals surface area contributed by atoms with Gasteiger partial charge >= 0.3 is 0 Å². The number of allylic oxidation sites excluding steroid dienone is 12. The molecule has 0 radical (unpaired) electrons. The molecule has 6 aliphatic carbocycles. The van der Waals surface area contributed by atoms with E-state index >= 15 is 0 Å². The first-order chi connectivity index (χ1) is 17.4. The molecule has 1 saturated carbocycles. The second-order valence-electron chi connectivity index (χ2n) is 10.8. The summed E-state index contributed by atoms with van der Waals surface area (Å²) in [5.41, 5.74) is 3.30. The lowest BCUT2D eigenvalue weighted by molar-refractivity contribution is 0.718. The summed E-state index contributed by atoms with van der Waals surface area (Å²) in [5, 5.41) is 0. The van der Waals surface area contributed by atoms with E-state index in [2.05, 4.69) is 60.8 Å². The molecule has 0 nitrogen and oxygen atoms in total. The summed E-state index contributed by atoms with van der Waals surface area (Å²) in [6, 6.07) is 0. The summed E-state index contributed by atoms with van der Waals surface area (Å²) in [5.74, 6) is 0. The molecule has 1 fully saturated rings. The number of rotatable bonds is 0. The van der Waals surface area contributed by atoms with Gasteiger partial charge in [-0.2, -0.15) is 0 Å². The highest BCUT2D eigenvalue weighted by Crippen LogP contribution is 2.34. The predicted molar refractivity (Wildman–Crippen MR) is 159 cm³/mol. The fourth-order valence-corrected chi connectivity index (χ4v) is 5.06. The highest BCUT2D eigenvalue weighted by Gasteiger charge is 2.14. The normalized spacial score (nSPS) is 22.4. The Kier molecular flexibility index (Phi) is 19.4. The standard InChI is InChI=1S/C7H8.4C7H12/c1-2-7-4-3-6(1)5-7;4*1-2-4-6-7-5-3-1/h1-2H,3-5H2;4*1-2H,3-7H2. The van der Waals surface area contributed by atoms with Crippen LogP contribution in [0.4, 0.5) is 0 Å². The Balaban J connectivity index is 0.000000154. The van der Waals surface area contributed by atoms with Crippen molar-refractivity contribution in [3.63, 3.8) is 0 Å². The summed E-state index contributed by atoms with van der Waals surface area (Å²) in [7, 11) is 0. The molecule has 2 bridgehead atoms. The molecular weight excluding hydrogens is 420 g/mol. The van der Waals surface area contributed by atoms with Gasteiger partial charge in [-0.05, 0) is 122 Å². The third-order valence-corrected chi connectivity index (χ3v) is 7.41. The second kappa shape index (κ2) is 22.9. The third kappa shape index (κ3) is 18.4. The van der Waals surface area contributed by atoms with Crippen molar-refractivity contribution >= 4 is 0 Å². The van der Waals surface area contributed by atoms with Gasteiger partial charge in [0, 0.05) is 0 Å². The molecule has 196 valence electrons. The first-order valence-corrected chi connectivity index (χ1v) is 15.4. The molecule has 6 aliphatic rings. The quantitative estimate of drug-likeness (QED) is 0.305. The average molecular weight is 477 g/mol. The molecule has 0 heteroatoms. The van der Waals surface area contributed by atoms with Crippen molar-refractivity contribution in [2.24, 2.45) is 0 Å².